The molecule has 1 unspecified atom stereocenters. The zero-order chi connectivity index (χ0) is 12.3. The molecule has 0 aliphatic carbocycles. The summed E-state index contributed by atoms with van der Waals surface area (Å²) in [6.07, 6.45) is 1.15. The molecule has 0 saturated carbocycles. The summed E-state index contributed by atoms with van der Waals surface area (Å²) in [5, 5.41) is 5.80. The molecule has 4 heteroatoms. The number of aryl methyl sites for hydroxylation is 2. The van der Waals surface area contributed by atoms with Crippen LogP contribution in [0.1, 0.15) is 40.4 Å². The van der Waals surface area contributed by atoms with Gasteiger partial charge >= 0.3 is 0 Å². The van der Waals surface area contributed by atoms with Crippen LogP contribution in [0.15, 0.2) is 17.0 Å². The second kappa shape index (κ2) is 5.76. The van der Waals surface area contributed by atoms with E-state index >= 15 is 0 Å². The Balaban J connectivity index is 2.32. The largest absolute Gasteiger partial charge is 0.306 e. The number of hydrogen-bond donors (Lipinski definition) is 1. The number of rotatable bonds is 5. The third-order valence-electron chi connectivity index (χ3n) is 2.85. The first-order chi connectivity index (χ1) is 8.24. The lowest BCUT2D eigenvalue weighted by Gasteiger charge is -2.18. The molecule has 92 valence electrons. The fourth-order valence-corrected chi connectivity index (χ4v) is 3.55. The van der Waals surface area contributed by atoms with Gasteiger partial charge in [0.15, 0.2) is 0 Å². The summed E-state index contributed by atoms with van der Waals surface area (Å²) >= 11 is 3.56. The molecular weight excluding hydrogens is 248 g/mol. The molecule has 0 saturated heterocycles. The molecule has 2 heterocycles. The van der Waals surface area contributed by atoms with E-state index in [0.29, 0.717) is 6.04 Å². The summed E-state index contributed by atoms with van der Waals surface area (Å²) in [4.78, 5) is 7.11. The maximum absolute atomic E-state index is 4.37. The van der Waals surface area contributed by atoms with E-state index in [1.165, 1.54) is 15.3 Å². The average molecular weight is 266 g/mol. The standard InChI is InChI=1S/C13H18N2S2/c1-4-6-14-12(11-5-7-16-10(11)3)13-9(2)15-8-17-13/h5,7-8,12,14H,4,6H2,1-3H3. The molecule has 0 spiro atoms. The van der Waals surface area contributed by atoms with Crippen molar-refractivity contribution in [1.29, 1.82) is 0 Å². The monoisotopic (exact) mass is 266 g/mol. The summed E-state index contributed by atoms with van der Waals surface area (Å²) in [5.41, 5.74) is 4.48. The van der Waals surface area contributed by atoms with Crippen LogP contribution in [-0.2, 0) is 0 Å². The lowest BCUT2D eigenvalue weighted by molar-refractivity contribution is 0.602. The fourth-order valence-electron chi connectivity index (χ4n) is 1.91. The smallest absolute Gasteiger partial charge is 0.0798 e. The molecule has 2 rings (SSSR count). The highest BCUT2D eigenvalue weighted by molar-refractivity contribution is 7.10. The van der Waals surface area contributed by atoms with Gasteiger partial charge in [0.25, 0.3) is 0 Å². The Hall–Kier alpha value is -0.710. The number of nitrogens with one attached hydrogen (secondary N) is 1. The number of thiophene rings is 1. The van der Waals surface area contributed by atoms with Gasteiger partial charge in [-0.15, -0.1) is 22.7 Å². The Morgan fingerprint density at radius 3 is 2.71 bits per heavy atom. The van der Waals surface area contributed by atoms with E-state index in [-0.39, 0.29) is 0 Å². The Labute approximate surface area is 111 Å². The minimum Gasteiger partial charge on any atom is -0.306 e. The molecule has 17 heavy (non-hydrogen) atoms. The van der Waals surface area contributed by atoms with Crippen molar-refractivity contribution in [2.75, 3.05) is 6.54 Å². The molecule has 0 aromatic carbocycles. The van der Waals surface area contributed by atoms with Crippen molar-refractivity contribution < 1.29 is 0 Å². The van der Waals surface area contributed by atoms with Crippen LogP contribution in [-0.4, -0.2) is 11.5 Å². The minimum atomic E-state index is 0.314. The summed E-state index contributed by atoms with van der Waals surface area (Å²) in [6.45, 7) is 7.52. The first-order valence-electron chi connectivity index (χ1n) is 5.91. The van der Waals surface area contributed by atoms with E-state index in [9.17, 15) is 0 Å². The van der Waals surface area contributed by atoms with E-state index in [1.54, 1.807) is 11.3 Å². The number of aromatic nitrogens is 1. The van der Waals surface area contributed by atoms with Crippen LogP contribution in [0.4, 0.5) is 0 Å². The summed E-state index contributed by atoms with van der Waals surface area (Å²) in [6, 6.07) is 2.54. The minimum absolute atomic E-state index is 0.314. The Bertz CT molecular complexity index is 433. The van der Waals surface area contributed by atoms with Gasteiger partial charge < -0.3 is 5.32 Å². The molecule has 1 N–H and O–H groups in total. The third kappa shape index (κ3) is 2.76. The predicted molar refractivity (Wildman–Crippen MR) is 76.0 cm³/mol. The van der Waals surface area contributed by atoms with E-state index in [0.717, 1.165) is 18.7 Å². The number of hydrogen-bond acceptors (Lipinski definition) is 4. The van der Waals surface area contributed by atoms with Gasteiger partial charge in [-0.25, -0.2) is 4.98 Å². The first kappa shape index (κ1) is 12.7. The molecule has 0 fully saturated rings. The van der Waals surface area contributed by atoms with Crippen molar-refractivity contribution in [3.8, 4) is 0 Å². The molecule has 1 atom stereocenters. The Morgan fingerprint density at radius 1 is 1.35 bits per heavy atom. The molecule has 2 aromatic heterocycles. The molecule has 0 radical (unpaired) electrons. The lowest BCUT2D eigenvalue weighted by Crippen LogP contribution is -2.23. The van der Waals surface area contributed by atoms with E-state index in [2.05, 4.69) is 42.5 Å². The average Bonchev–Trinajstić information content (AvgIpc) is 2.90. The molecule has 2 aromatic rings. The van der Waals surface area contributed by atoms with E-state index in [4.69, 9.17) is 0 Å². The van der Waals surface area contributed by atoms with Crippen molar-refractivity contribution in [3.05, 3.63) is 38.0 Å². The van der Waals surface area contributed by atoms with Gasteiger partial charge in [-0.1, -0.05) is 6.92 Å². The lowest BCUT2D eigenvalue weighted by atomic mass is 10.1. The molecule has 0 aliphatic rings. The van der Waals surface area contributed by atoms with Crippen LogP contribution in [0.5, 0.6) is 0 Å². The van der Waals surface area contributed by atoms with E-state index in [1.807, 2.05) is 16.8 Å². The van der Waals surface area contributed by atoms with Crippen LogP contribution in [0, 0.1) is 13.8 Å². The Kier molecular flexibility index (Phi) is 4.31. The predicted octanol–water partition coefficient (Wildman–Crippen LogP) is 3.91. The number of nitrogens with zero attached hydrogens (tertiary/aromatic N) is 1. The molecule has 0 aliphatic heterocycles. The van der Waals surface area contributed by atoms with Crippen molar-refractivity contribution in [2.24, 2.45) is 0 Å². The fraction of sp³-hybridized carbons (Fsp3) is 0.462. The third-order valence-corrected chi connectivity index (χ3v) is 4.71. The maximum Gasteiger partial charge on any atom is 0.0798 e. The van der Waals surface area contributed by atoms with Crippen LogP contribution in [0.3, 0.4) is 0 Å². The van der Waals surface area contributed by atoms with Crippen LogP contribution in [0.25, 0.3) is 0 Å². The topological polar surface area (TPSA) is 24.9 Å². The summed E-state index contributed by atoms with van der Waals surface area (Å²) in [5.74, 6) is 0. The maximum atomic E-state index is 4.37. The number of thiazole rings is 1. The van der Waals surface area contributed by atoms with Gasteiger partial charge in [-0.05, 0) is 43.8 Å². The molecule has 0 amide bonds. The van der Waals surface area contributed by atoms with Gasteiger partial charge in [0, 0.05) is 9.75 Å². The van der Waals surface area contributed by atoms with Crippen LogP contribution < -0.4 is 5.32 Å². The van der Waals surface area contributed by atoms with Crippen molar-refractivity contribution in [2.45, 2.75) is 33.2 Å². The second-order valence-electron chi connectivity index (χ2n) is 4.12. The summed E-state index contributed by atoms with van der Waals surface area (Å²) < 4.78 is 0. The molecular formula is C13H18N2S2. The zero-order valence-electron chi connectivity index (χ0n) is 10.5. The highest BCUT2D eigenvalue weighted by Crippen LogP contribution is 2.31. The quantitative estimate of drug-likeness (QED) is 0.887. The van der Waals surface area contributed by atoms with Crippen LogP contribution >= 0.6 is 22.7 Å². The van der Waals surface area contributed by atoms with Crippen molar-refractivity contribution in [3.63, 3.8) is 0 Å². The van der Waals surface area contributed by atoms with E-state index < -0.39 is 0 Å². The summed E-state index contributed by atoms with van der Waals surface area (Å²) in [7, 11) is 0. The van der Waals surface area contributed by atoms with Gasteiger partial charge in [0.1, 0.15) is 0 Å². The van der Waals surface area contributed by atoms with Gasteiger partial charge in [-0.2, -0.15) is 0 Å². The SMILES string of the molecule is CCCNC(c1ccsc1C)c1scnc1C. The molecule has 2 nitrogen and oxygen atoms in total. The van der Waals surface area contributed by atoms with Gasteiger partial charge in [0.05, 0.1) is 17.2 Å². The highest BCUT2D eigenvalue weighted by atomic mass is 32.1. The van der Waals surface area contributed by atoms with Gasteiger partial charge in [-0.3, -0.25) is 0 Å². The highest BCUT2D eigenvalue weighted by Gasteiger charge is 2.19. The van der Waals surface area contributed by atoms with Crippen molar-refractivity contribution >= 4 is 22.7 Å². The molecule has 0 bridgehead atoms. The van der Waals surface area contributed by atoms with Gasteiger partial charge in [0.2, 0.25) is 0 Å². The normalized spacial score (nSPS) is 12.9. The van der Waals surface area contributed by atoms with Crippen molar-refractivity contribution in [1.82, 2.24) is 10.3 Å². The van der Waals surface area contributed by atoms with Crippen LogP contribution in [0.2, 0.25) is 0 Å². The Morgan fingerprint density at radius 2 is 2.18 bits per heavy atom. The second-order valence-corrected chi connectivity index (χ2v) is 6.13. The zero-order valence-corrected chi connectivity index (χ0v) is 12.1. The first-order valence-corrected chi connectivity index (χ1v) is 7.67.